The van der Waals surface area contributed by atoms with Crippen LogP contribution in [-0.4, -0.2) is 64.9 Å². The van der Waals surface area contributed by atoms with E-state index in [1.807, 2.05) is 44.2 Å². The third-order valence-electron chi connectivity index (χ3n) is 7.49. The van der Waals surface area contributed by atoms with Crippen molar-refractivity contribution in [2.24, 2.45) is 0 Å². The number of benzene rings is 1. The summed E-state index contributed by atoms with van der Waals surface area (Å²) in [7, 11) is 1.63. The molecule has 2 amide bonds. The molecule has 8 heteroatoms. The molecule has 1 saturated carbocycles. The molecule has 0 spiro atoms. The van der Waals surface area contributed by atoms with Gasteiger partial charge in [-0.05, 0) is 63.4 Å². The topological polar surface area (TPSA) is 85.7 Å². The Kier molecular flexibility index (Phi) is 8.67. The Balaban J connectivity index is 1.60. The second kappa shape index (κ2) is 11.9. The average Bonchev–Trinajstić information content (AvgIpc) is 3.29. The molecule has 1 aliphatic carbocycles. The molecule has 0 saturated heterocycles. The summed E-state index contributed by atoms with van der Waals surface area (Å²) < 4.78 is 12.5. The number of ether oxygens (including phenoxy) is 2. The minimum absolute atomic E-state index is 0.0926. The fourth-order valence-corrected chi connectivity index (χ4v) is 5.30. The molecule has 1 aromatic carbocycles. The third kappa shape index (κ3) is 5.75. The van der Waals surface area contributed by atoms with Gasteiger partial charge < -0.3 is 19.7 Å². The van der Waals surface area contributed by atoms with Crippen LogP contribution in [0.1, 0.15) is 75.7 Å². The molecular formula is C28H40N4O4. The molecule has 0 radical (unpaired) electrons. The number of fused-ring (bicyclic) bond motifs is 1. The lowest BCUT2D eigenvalue weighted by molar-refractivity contribution is -0.134. The maximum absolute atomic E-state index is 13.8. The summed E-state index contributed by atoms with van der Waals surface area (Å²) in [6.45, 7) is 5.79. The van der Waals surface area contributed by atoms with E-state index in [-0.39, 0.29) is 17.9 Å². The minimum Gasteiger partial charge on any atom is -0.497 e. The van der Waals surface area contributed by atoms with E-state index in [1.165, 1.54) is 19.3 Å². The number of hydrogen-bond donors (Lipinski definition) is 1. The van der Waals surface area contributed by atoms with Gasteiger partial charge in [0.15, 0.2) is 0 Å². The molecule has 4 rings (SSSR count). The Labute approximate surface area is 214 Å². The van der Waals surface area contributed by atoms with Gasteiger partial charge in [0.25, 0.3) is 5.91 Å². The zero-order valence-electron chi connectivity index (χ0n) is 21.9. The summed E-state index contributed by atoms with van der Waals surface area (Å²) in [4.78, 5) is 29.3. The second-order valence-corrected chi connectivity index (χ2v) is 10.1. The maximum Gasteiger partial charge on any atom is 0.273 e. The molecule has 0 bridgehead atoms. The first-order valence-electron chi connectivity index (χ1n) is 13.4. The molecule has 2 aromatic rings. The molecule has 1 atom stereocenters. The van der Waals surface area contributed by atoms with Gasteiger partial charge in [-0.1, -0.05) is 32.1 Å². The van der Waals surface area contributed by atoms with Gasteiger partial charge in [0.05, 0.1) is 19.3 Å². The summed E-state index contributed by atoms with van der Waals surface area (Å²) in [5, 5.41) is 8.06. The van der Waals surface area contributed by atoms with Crippen LogP contribution in [0, 0.1) is 0 Å². The third-order valence-corrected chi connectivity index (χ3v) is 7.49. The number of aromatic nitrogens is 2. The van der Waals surface area contributed by atoms with Gasteiger partial charge in [-0.15, -0.1) is 0 Å². The molecule has 1 N–H and O–H groups in total. The van der Waals surface area contributed by atoms with Crippen LogP contribution >= 0.6 is 0 Å². The lowest BCUT2D eigenvalue weighted by atomic mass is 9.92. The highest BCUT2D eigenvalue weighted by atomic mass is 16.5. The molecule has 0 unspecified atom stereocenters. The Bertz CT molecular complexity index is 1030. The summed E-state index contributed by atoms with van der Waals surface area (Å²) >= 11 is 0. The normalized spacial score (nSPS) is 21.0. The van der Waals surface area contributed by atoms with Gasteiger partial charge in [-0.3, -0.25) is 14.3 Å². The molecule has 196 valence electrons. The first-order chi connectivity index (χ1) is 17.5. The first kappa shape index (κ1) is 26.2. The van der Waals surface area contributed by atoms with Crippen molar-refractivity contribution in [1.29, 1.82) is 0 Å². The summed E-state index contributed by atoms with van der Waals surface area (Å²) in [6, 6.07) is 9.59. The summed E-state index contributed by atoms with van der Waals surface area (Å²) in [6.07, 6.45) is 8.64. The van der Waals surface area contributed by atoms with E-state index in [2.05, 4.69) is 5.32 Å². The number of hydrogen-bond acceptors (Lipinski definition) is 5. The molecule has 1 aromatic heterocycles. The van der Waals surface area contributed by atoms with Gasteiger partial charge in [-0.2, -0.15) is 5.10 Å². The van der Waals surface area contributed by atoms with Crippen molar-refractivity contribution in [2.45, 2.75) is 83.3 Å². The van der Waals surface area contributed by atoms with Crippen LogP contribution in [0.5, 0.6) is 5.75 Å². The highest BCUT2D eigenvalue weighted by Crippen LogP contribution is 2.31. The fraction of sp³-hybridized carbons (Fsp3) is 0.607. The molecule has 2 heterocycles. The van der Waals surface area contributed by atoms with Crippen LogP contribution in [-0.2, 0) is 16.1 Å². The molecule has 36 heavy (non-hydrogen) atoms. The van der Waals surface area contributed by atoms with Gasteiger partial charge in [0.1, 0.15) is 17.0 Å². The standard InChI is InChI=1S/C28H40N4O4/c1-4-36-18-10-17-31-26(33)25-19-24(21-13-15-23(35-3)16-14-21)30-32(25)20-28(31,2)27(34)29-22-11-8-6-5-7-9-12-22/h13-16,19,22H,4-12,17-18,20H2,1-3H3,(H,29,34)/t28-/m0/s1. The number of methoxy groups -OCH3 is 1. The quantitative estimate of drug-likeness (QED) is 0.519. The van der Waals surface area contributed by atoms with E-state index in [1.54, 1.807) is 16.7 Å². The minimum atomic E-state index is -1.03. The molecule has 2 aliphatic rings. The molecule has 8 nitrogen and oxygen atoms in total. The average molecular weight is 497 g/mol. The lowest BCUT2D eigenvalue weighted by Crippen LogP contribution is -2.65. The number of nitrogens with zero attached hydrogens (tertiary/aromatic N) is 3. The van der Waals surface area contributed by atoms with E-state index in [0.717, 1.165) is 37.0 Å². The Morgan fingerprint density at radius 3 is 2.50 bits per heavy atom. The highest BCUT2D eigenvalue weighted by molar-refractivity contribution is 6.00. The van der Waals surface area contributed by atoms with Crippen molar-refractivity contribution in [3.05, 3.63) is 36.0 Å². The predicted molar refractivity (Wildman–Crippen MR) is 139 cm³/mol. The van der Waals surface area contributed by atoms with Crippen LogP contribution in [0.15, 0.2) is 30.3 Å². The lowest BCUT2D eigenvalue weighted by Gasteiger charge is -2.44. The predicted octanol–water partition coefficient (Wildman–Crippen LogP) is 4.43. The Morgan fingerprint density at radius 1 is 1.14 bits per heavy atom. The van der Waals surface area contributed by atoms with Crippen molar-refractivity contribution in [3.8, 4) is 17.0 Å². The zero-order chi connectivity index (χ0) is 25.5. The van der Waals surface area contributed by atoms with Crippen molar-refractivity contribution in [1.82, 2.24) is 20.0 Å². The smallest absolute Gasteiger partial charge is 0.273 e. The van der Waals surface area contributed by atoms with Crippen LogP contribution in [0.3, 0.4) is 0 Å². The van der Waals surface area contributed by atoms with E-state index in [0.29, 0.717) is 44.1 Å². The van der Waals surface area contributed by atoms with Crippen molar-refractivity contribution < 1.29 is 19.1 Å². The van der Waals surface area contributed by atoms with Gasteiger partial charge in [0, 0.05) is 31.4 Å². The van der Waals surface area contributed by atoms with Crippen molar-refractivity contribution >= 4 is 11.8 Å². The SMILES string of the molecule is CCOCCCN1C(=O)c2cc(-c3ccc(OC)cc3)nn2C[C@@]1(C)C(=O)NC1CCCCCCC1. The van der Waals surface area contributed by atoms with E-state index < -0.39 is 5.54 Å². The van der Waals surface area contributed by atoms with E-state index >= 15 is 0 Å². The van der Waals surface area contributed by atoms with E-state index in [4.69, 9.17) is 14.6 Å². The number of rotatable bonds is 9. The van der Waals surface area contributed by atoms with Crippen molar-refractivity contribution in [2.75, 3.05) is 26.9 Å². The number of nitrogens with one attached hydrogen (secondary N) is 1. The van der Waals surface area contributed by atoms with Crippen LogP contribution < -0.4 is 10.1 Å². The van der Waals surface area contributed by atoms with Crippen LogP contribution in [0.2, 0.25) is 0 Å². The summed E-state index contributed by atoms with van der Waals surface area (Å²) in [5.74, 6) is 0.503. The molecule has 1 aliphatic heterocycles. The Morgan fingerprint density at radius 2 is 1.83 bits per heavy atom. The number of carbonyl (C=O) groups is 2. The van der Waals surface area contributed by atoms with Crippen molar-refractivity contribution in [3.63, 3.8) is 0 Å². The Hall–Kier alpha value is -2.87. The summed E-state index contributed by atoms with van der Waals surface area (Å²) in [5.41, 5.74) is 1.09. The largest absolute Gasteiger partial charge is 0.497 e. The van der Waals surface area contributed by atoms with Gasteiger partial charge in [-0.25, -0.2) is 0 Å². The van der Waals surface area contributed by atoms with Gasteiger partial charge in [0.2, 0.25) is 5.91 Å². The monoisotopic (exact) mass is 496 g/mol. The fourth-order valence-electron chi connectivity index (χ4n) is 5.30. The number of amides is 2. The maximum atomic E-state index is 13.8. The first-order valence-corrected chi connectivity index (χ1v) is 13.4. The van der Waals surface area contributed by atoms with E-state index in [9.17, 15) is 9.59 Å². The second-order valence-electron chi connectivity index (χ2n) is 10.1. The van der Waals surface area contributed by atoms with Crippen LogP contribution in [0.25, 0.3) is 11.3 Å². The number of carbonyl (C=O) groups excluding carboxylic acids is 2. The highest BCUT2D eigenvalue weighted by Gasteiger charge is 2.48. The zero-order valence-corrected chi connectivity index (χ0v) is 21.9. The van der Waals surface area contributed by atoms with Gasteiger partial charge >= 0.3 is 0 Å². The molecule has 1 fully saturated rings. The van der Waals surface area contributed by atoms with Crippen LogP contribution in [0.4, 0.5) is 0 Å². The molecular weight excluding hydrogens is 456 g/mol.